The number of nitrogens with zero attached hydrogens (tertiary/aromatic N) is 1. The summed E-state index contributed by atoms with van der Waals surface area (Å²) in [7, 11) is 0. The zero-order valence-electron chi connectivity index (χ0n) is 6.64. The minimum atomic E-state index is -1.69. The van der Waals surface area contributed by atoms with Crippen molar-refractivity contribution in [2.24, 2.45) is 0 Å². The molecule has 0 bridgehead atoms. The van der Waals surface area contributed by atoms with Crippen LogP contribution in [0.1, 0.15) is 6.92 Å². The van der Waals surface area contributed by atoms with E-state index in [1.165, 1.54) is 12.1 Å². The fourth-order valence-corrected chi connectivity index (χ4v) is 0.818. The van der Waals surface area contributed by atoms with E-state index in [2.05, 4.69) is 0 Å². The number of hydrogen-bond donors (Lipinski definition) is 2. The minimum Gasteiger partial charge on any atom is -0.224 e. The van der Waals surface area contributed by atoms with Gasteiger partial charge in [-0.3, -0.25) is 0 Å². The van der Waals surface area contributed by atoms with Crippen LogP contribution in [0, 0.1) is 0 Å². The van der Waals surface area contributed by atoms with E-state index < -0.39 is 10.7 Å². The zero-order valence-corrected chi connectivity index (χ0v) is 6.64. The SMILES string of the molecule is CC(=O)[N+](O)(O)c1ccccc1. The molecular formula is C8H10NO3+. The number of carbonyl (C=O) groups is 1. The molecule has 0 aliphatic heterocycles. The molecule has 0 radical (unpaired) electrons. The zero-order chi connectivity index (χ0) is 9.19. The van der Waals surface area contributed by atoms with E-state index in [1.807, 2.05) is 0 Å². The number of benzene rings is 1. The first kappa shape index (κ1) is 8.86. The summed E-state index contributed by atoms with van der Waals surface area (Å²) in [6.07, 6.45) is 0. The molecule has 0 aliphatic carbocycles. The third kappa shape index (κ3) is 1.50. The fourth-order valence-electron chi connectivity index (χ4n) is 0.818. The van der Waals surface area contributed by atoms with Crippen LogP contribution in [0.15, 0.2) is 30.3 Å². The summed E-state index contributed by atoms with van der Waals surface area (Å²) in [5.74, 6) is -0.749. The third-order valence-corrected chi connectivity index (χ3v) is 1.56. The number of para-hydroxylation sites is 1. The van der Waals surface area contributed by atoms with Crippen LogP contribution in [0.5, 0.6) is 0 Å². The van der Waals surface area contributed by atoms with Crippen LogP contribution in [-0.2, 0) is 4.79 Å². The highest BCUT2D eigenvalue weighted by atomic mass is 16.8. The van der Waals surface area contributed by atoms with Crippen LogP contribution in [-0.4, -0.2) is 16.3 Å². The maximum Gasteiger partial charge on any atom is 0.380 e. The Balaban J connectivity index is 3.06. The first-order valence-electron chi connectivity index (χ1n) is 3.46. The molecule has 0 saturated heterocycles. The van der Waals surface area contributed by atoms with Crippen molar-refractivity contribution < 1.29 is 15.2 Å². The van der Waals surface area contributed by atoms with Crippen LogP contribution in [0.25, 0.3) is 0 Å². The Bertz CT molecular complexity index is 282. The monoisotopic (exact) mass is 168 g/mol. The Morgan fingerprint density at radius 3 is 2.17 bits per heavy atom. The van der Waals surface area contributed by atoms with Gasteiger partial charge in [0, 0.05) is 16.9 Å². The predicted molar refractivity (Wildman–Crippen MR) is 42.5 cm³/mol. The highest BCUT2D eigenvalue weighted by Gasteiger charge is 2.33. The van der Waals surface area contributed by atoms with E-state index in [0.717, 1.165) is 6.92 Å². The Morgan fingerprint density at radius 2 is 1.75 bits per heavy atom. The van der Waals surface area contributed by atoms with Gasteiger partial charge in [0.2, 0.25) is 5.69 Å². The molecule has 0 fully saturated rings. The van der Waals surface area contributed by atoms with Crippen molar-refractivity contribution in [3.63, 3.8) is 0 Å². The van der Waals surface area contributed by atoms with Crippen molar-refractivity contribution >= 4 is 11.6 Å². The molecule has 0 heterocycles. The van der Waals surface area contributed by atoms with Crippen LogP contribution in [0.2, 0.25) is 0 Å². The Hall–Kier alpha value is -1.23. The second-order valence-electron chi connectivity index (χ2n) is 2.46. The molecule has 0 saturated carbocycles. The van der Waals surface area contributed by atoms with Crippen LogP contribution in [0.3, 0.4) is 0 Å². The number of amides is 1. The van der Waals surface area contributed by atoms with E-state index >= 15 is 0 Å². The van der Waals surface area contributed by atoms with Gasteiger partial charge >= 0.3 is 5.91 Å². The predicted octanol–water partition coefficient (Wildman–Crippen LogP) is 1.32. The van der Waals surface area contributed by atoms with Gasteiger partial charge in [-0.1, -0.05) is 18.2 Å². The van der Waals surface area contributed by atoms with Crippen molar-refractivity contribution in [2.45, 2.75) is 6.92 Å². The number of hydroxylamine groups is 2. The first-order chi connectivity index (χ1) is 5.55. The van der Waals surface area contributed by atoms with Crippen LogP contribution >= 0.6 is 0 Å². The summed E-state index contributed by atoms with van der Waals surface area (Å²) in [6, 6.07) is 7.89. The van der Waals surface area contributed by atoms with Crippen molar-refractivity contribution in [1.82, 2.24) is 4.81 Å². The molecule has 0 atom stereocenters. The molecule has 12 heavy (non-hydrogen) atoms. The average molecular weight is 168 g/mol. The molecule has 0 unspecified atom stereocenters. The topological polar surface area (TPSA) is 57.5 Å². The second-order valence-corrected chi connectivity index (χ2v) is 2.46. The van der Waals surface area contributed by atoms with Gasteiger partial charge in [0.05, 0.1) is 6.92 Å². The maximum absolute atomic E-state index is 10.7. The van der Waals surface area contributed by atoms with Gasteiger partial charge in [0.15, 0.2) is 0 Å². The quantitative estimate of drug-likeness (QED) is 0.377. The Kier molecular flexibility index (Phi) is 2.23. The van der Waals surface area contributed by atoms with Gasteiger partial charge < -0.3 is 0 Å². The molecule has 1 rings (SSSR count). The van der Waals surface area contributed by atoms with E-state index in [9.17, 15) is 15.2 Å². The lowest BCUT2D eigenvalue weighted by Gasteiger charge is -2.15. The normalized spacial score (nSPS) is 11.2. The molecule has 4 nitrogen and oxygen atoms in total. The Morgan fingerprint density at radius 1 is 1.25 bits per heavy atom. The molecule has 0 aromatic heterocycles. The lowest BCUT2D eigenvalue weighted by Crippen LogP contribution is -2.46. The van der Waals surface area contributed by atoms with Gasteiger partial charge in [-0.25, -0.2) is 4.79 Å². The van der Waals surface area contributed by atoms with Gasteiger partial charge in [0.1, 0.15) is 0 Å². The summed E-state index contributed by atoms with van der Waals surface area (Å²) in [5.41, 5.74) is 0.130. The van der Waals surface area contributed by atoms with Crippen molar-refractivity contribution in [3.05, 3.63) is 30.3 Å². The fraction of sp³-hybridized carbons (Fsp3) is 0.125. The summed E-state index contributed by atoms with van der Waals surface area (Å²) >= 11 is 0. The van der Waals surface area contributed by atoms with Gasteiger partial charge in [0.25, 0.3) is 0 Å². The number of rotatable bonds is 1. The van der Waals surface area contributed by atoms with E-state index in [4.69, 9.17) is 0 Å². The van der Waals surface area contributed by atoms with Crippen molar-refractivity contribution in [2.75, 3.05) is 0 Å². The van der Waals surface area contributed by atoms with Gasteiger partial charge in [-0.2, -0.15) is 10.4 Å². The highest BCUT2D eigenvalue weighted by molar-refractivity contribution is 5.82. The lowest BCUT2D eigenvalue weighted by atomic mass is 10.3. The standard InChI is InChI=1S/C8H10NO3/c1-7(10)9(11,12)8-5-3-2-4-6-8/h2-6,11-12H,1H3/q+1. The summed E-state index contributed by atoms with van der Waals surface area (Å²) < 4.78 is 0. The summed E-state index contributed by atoms with van der Waals surface area (Å²) in [5, 5.41) is 18.4. The van der Waals surface area contributed by atoms with Crippen LogP contribution in [0.4, 0.5) is 5.69 Å². The van der Waals surface area contributed by atoms with E-state index in [1.54, 1.807) is 18.2 Å². The minimum absolute atomic E-state index is 0.130. The van der Waals surface area contributed by atoms with Crippen molar-refractivity contribution in [1.29, 1.82) is 0 Å². The summed E-state index contributed by atoms with van der Waals surface area (Å²) in [6.45, 7) is 1.10. The molecule has 0 spiro atoms. The molecule has 1 aromatic carbocycles. The number of quaternary nitrogens is 1. The first-order valence-corrected chi connectivity index (χ1v) is 3.46. The van der Waals surface area contributed by atoms with E-state index in [-0.39, 0.29) is 5.69 Å². The maximum atomic E-state index is 10.7. The third-order valence-electron chi connectivity index (χ3n) is 1.56. The smallest absolute Gasteiger partial charge is 0.224 e. The molecule has 4 heteroatoms. The molecular weight excluding hydrogens is 158 g/mol. The lowest BCUT2D eigenvalue weighted by molar-refractivity contribution is -0.271. The molecule has 64 valence electrons. The average Bonchev–Trinajstić information content (AvgIpc) is 2.06. The highest BCUT2D eigenvalue weighted by Crippen LogP contribution is 2.16. The van der Waals surface area contributed by atoms with Gasteiger partial charge in [-0.15, -0.1) is 0 Å². The number of hydrogen-bond acceptors (Lipinski definition) is 3. The largest absolute Gasteiger partial charge is 0.380 e. The Labute approximate surface area is 69.8 Å². The van der Waals surface area contributed by atoms with Crippen molar-refractivity contribution in [3.8, 4) is 0 Å². The summed E-state index contributed by atoms with van der Waals surface area (Å²) in [4.78, 5) is 9.04. The number of carbonyl (C=O) groups excluding carboxylic acids is 1. The van der Waals surface area contributed by atoms with Crippen LogP contribution < -0.4 is 4.81 Å². The molecule has 1 amide bonds. The van der Waals surface area contributed by atoms with Gasteiger partial charge in [-0.05, 0) is 0 Å². The molecule has 2 N–H and O–H groups in total. The van der Waals surface area contributed by atoms with E-state index in [0.29, 0.717) is 0 Å². The second kappa shape index (κ2) is 3.02. The molecule has 0 aliphatic rings. The molecule has 1 aromatic rings.